The number of halogens is 1. The van der Waals surface area contributed by atoms with Crippen molar-refractivity contribution >= 4 is 52.8 Å². The van der Waals surface area contributed by atoms with Gasteiger partial charge in [0.15, 0.2) is 8.29 Å². The second-order valence-corrected chi connectivity index (χ2v) is 10.6. The number of aromatic nitrogens is 2. The molecule has 4 rings (SSSR count). The van der Waals surface area contributed by atoms with Crippen molar-refractivity contribution < 1.29 is 4.79 Å². The van der Waals surface area contributed by atoms with Gasteiger partial charge >= 0.3 is 0 Å². The zero-order valence-corrected chi connectivity index (χ0v) is 20.3. The fraction of sp³-hybridized carbons (Fsp3) is 0.318. The van der Waals surface area contributed by atoms with Crippen molar-refractivity contribution in [2.45, 2.75) is 17.3 Å². The van der Waals surface area contributed by atoms with E-state index in [4.69, 9.17) is 23.8 Å². The van der Waals surface area contributed by atoms with Crippen LogP contribution in [0.3, 0.4) is 0 Å². The van der Waals surface area contributed by atoms with Crippen molar-refractivity contribution in [1.82, 2.24) is 19.6 Å². The molecule has 3 aromatic rings. The number of thioether (sulfide) groups is 1. The lowest BCUT2D eigenvalue weighted by atomic mass is 10.1. The van der Waals surface area contributed by atoms with Crippen molar-refractivity contribution in [2.75, 3.05) is 31.9 Å². The van der Waals surface area contributed by atoms with Crippen molar-refractivity contribution in [2.24, 2.45) is 0 Å². The van der Waals surface area contributed by atoms with Gasteiger partial charge in [0.2, 0.25) is 5.91 Å². The highest BCUT2D eigenvalue weighted by atomic mass is 35.5. The second kappa shape index (κ2) is 10.3. The molecule has 1 saturated heterocycles. The van der Waals surface area contributed by atoms with Gasteiger partial charge in [-0.05, 0) is 49.0 Å². The van der Waals surface area contributed by atoms with E-state index in [0.29, 0.717) is 20.8 Å². The molecule has 2 aromatic carbocycles. The Morgan fingerprint density at radius 1 is 1.13 bits per heavy atom. The molecule has 1 aliphatic rings. The number of hydrogen-bond donors (Lipinski definition) is 0. The van der Waals surface area contributed by atoms with Crippen LogP contribution in [0.5, 0.6) is 0 Å². The van der Waals surface area contributed by atoms with Crippen LogP contribution in [0.1, 0.15) is 18.5 Å². The number of nitrogens with zero attached hydrogens (tertiary/aromatic N) is 4. The van der Waals surface area contributed by atoms with Crippen molar-refractivity contribution in [3.63, 3.8) is 0 Å². The fourth-order valence-electron chi connectivity index (χ4n) is 3.58. The van der Waals surface area contributed by atoms with Crippen LogP contribution in [0.2, 0.25) is 5.02 Å². The van der Waals surface area contributed by atoms with Crippen LogP contribution in [-0.2, 0) is 4.79 Å². The molecule has 0 radical (unpaired) electrons. The maximum Gasteiger partial charge on any atom is 0.233 e. The predicted octanol–water partition coefficient (Wildman–Crippen LogP) is 5.31. The molecule has 31 heavy (non-hydrogen) atoms. The van der Waals surface area contributed by atoms with Crippen LogP contribution in [0.4, 0.5) is 0 Å². The number of carbonyl (C=O) groups is 1. The Hall–Kier alpha value is -1.71. The average molecular weight is 491 g/mol. The molecule has 5 nitrogen and oxygen atoms in total. The lowest BCUT2D eigenvalue weighted by Crippen LogP contribution is -2.49. The molecule has 1 unspecified atom stereocenters. The molecule has 162 valence electrons. The van der Waals surface area contributed by atoms with E-state index in [1.807, 2.05) is 35.2 Å². The highest BCUT2D eigenvalue weighted by Crippen LogP contribution is 2.26. The van der Waals surface area contributed by atoms with Crippen LogP contribution < -0.4 is 0 Å². The summed E-state index contributed by atoms with van der Waals surface area (Å²) < 4.78 is 3.16. The lowest BCUT2D eigenvalue weighted by Gasteiger charge is -2.38. The van der Waals surface area contributed by atoms with Gasteiger partial charge in [-0.25, -0.2) is 4.68 Å². The number of piperazine rings is 1. The van der Waals surface area contributed by atoms with Gasteiger partial charge in [0, 0.05) is 37.2 Å². The maximum absolute atomic E-state index is 12.7. The van der Waals surface area contributed by atoms with Crippen LogP contribution in [0, 0.1) is 3.95 Å². The third-order valence-electron chi connectivity index (χ3n) is 5.42. The Morgan fingerprint density at radius 2 is 1.81 bits per heavy atom. The Bertz CT molecular complexity index is 1080. The van der Waals surface area contributed by atoms with Crippen LogP contribution in [-0.4, -0.2) is 57.4 Å². The van der Waals surface area contributed by atoms with Gasteiger partial charge in [-0.3, -0.25) is 9.69 Å². The first-order valence-corrected chi connectivity index (χ1v) is 12.7. The van der Waals surface area contributed by atoms with Gasteiger partial charge in [-0.15, -0.1) is 5.10 Å². The van der Waals surface area contributed by atoms with E-state index in [9.17, 15) is 4.79 Å². The fourth-order valence-corrected chi connectivity index (χ4v) is 5.97. The van der Waals surface area contributed by atoms with Crippen LogP contribution >= 0.6 is 46.9 Å². The third-order valence-corrected chi connectivity index (χ3v) is 8.02. The number of benzene rings is 2. The SMILES string of the molecule is CC(c1ccccc1)N1CCN(C(=O)CSc2nn(-c3ccc(Cl)cc3)c(=S)s2)CC1. The summed E-state index contributed by atoms with van der Waals surface area (Å²) in [5, 5.41) is 5.24. The molecule has 9 heteroatoms. The molecule has 0 N–H and O–H groups in total. The van der Waals surface area contributed by atoms with E-state index in [2.05, 4.69) is 41.2 Å². The quantitative estimate of drug-likeness (QED) is 0.346. The van der Waals surface area contributed by atoms with Crippen LogP contribution in [0.25, 0.3) is 5.69 Å². The topological polar surface area (TPSA) is 41.4 Å². The minimum absolute atomic E-state index is 0.149. The van der Waals surface area contributed by atoms with Gasteiger partial charge < -0.3 is 4.90 Å². The lowest BCUT2D eigenvalue weighted by molar-refractivity contribution is -0.130. The normalized spacial score (nSPS) is 15.7. The summed E-state index contributed by atoms with van der Waals surface area (Å²) in [6.07, 6.45) is 0. The first-order valence-electron chi connectivity index (χ1n) is 10.1. The smallest absolute Gasteiger partial charge is 0.233 e. The van der Waals surface area contributed by atoms with E-state index in [1.54, 1.807) is 4.68 Å². The van der Waals surface area contributed by atoms with Gasteiger partial charge in [0.05, 0.1) is 11.4 Å². The zero-order chi connectivity index (χ0) is 21.8. The summed E-state index contributed by atoms with van der Waals surface area (Å²) in [6.45, 7) is 5.51. The summed E-state index contributed by atoms with van der Waals surface area (Å²) in [4.78, 5) is 17.1. The number of carbonyl (C=O) groups excluding carboxylic acids is 1. The number of rotatable bonds is 6. The highest BCUT2D eigenvalue weighted by Gasteiger charge is 2.25. The molecule has 1 aromatic heterocycles. The third kappa shape index (κ3) is 5.56. The van der Waals surface area contributed by atoms with Gasteiger partial charge in [-0.2, -0.15) is 0 Å². The van der Waals surface area contributed by atoms with Gasteiger partial charge in [0.25, 0.3) is 0 Å². The summed E-state index contributed by atoms with van der Waals surface area (Å²) in [5.74, 6) is 0.521. The summed E-state index contributed by atoms with van der Waals surface area (Å²) in [7, 11) is 0. The number of amides is 1. The molecule has 2 heterocycles. The summed E-state index contributed by atoms with van der Waals surface area (Å²) in [6, 6.07) is 18.3. The monoisotopic (exact) mass is 490 g/mol. The largest absolute Gasteiger partial charge is 0.339 e. The molecular weight excluding hydrogens is 468 g/mol. The Morgan fingerprint density at radius 3 is 2.48 bits per heavy atom. The maximum atomic E-state index is 12.7. The van der Waals surface area contributed by atoms with Crippen molar-refractivity contribution in [1.29, 1.82) is 0 Å². The molecular formula is C22H23ClN4OS3. The molecule has 1 aliphatic heterocycles. The molecule has 0 spiro atoms. The van der Waals surface area contributed by atoms with Gasteiger partial charge in [-0.1, -0.05) is 65.0 Å². The Kier molecular flexibility index (Phi) is 7.45. The van der Waals surface area contributed by atoms with Crippen LogP contribution in [0.15, 0.2) is 58.9 Å². The standard InChI is InChI=1S/C22H23ClN4OS3/c1-16(17-5-3-2-4-6-17)25-11-13-26(14-12-25)20(28)15-30-21-24-27(22(29)31-21)19-9-7-18(23)8-10-19/h2-10,16H,11-15H2,1H3. The zero-order valence-electron chi connectivity index (χ0n) is 17.1. The minimum atomic E-state index is 0.149. The first kappa shape index (κ1) is 22.5. The molecule has 1 amide bonds. The summed E-state index contributed by atoms with van der Waals surface area (Å²) in [5.41, 5.74) is 2.18. The molecule has 1 fully saturated rings. The molecule has 0 bridgehead atoms. The molecule has 0 aliphatic carbocycles. The van der Waals surface area contributed by atoms with Gasteiger partial charge in [0.1, 0.15) is 0 Å². The van der Waals surface area contributed by atoms with E-state index >= 15 is 0 Å². The van der Waals surface area contributed by atoms with E-state index in [0.717, 1.165) is 36.2 Å². The summed E-state index contributed by atoms with van der Waals surface area (Å²) >= 11 is 14.3. The Labute approximate surface area is 200 Å². The highest BCUT2D eigenvalue weighted by molar-refractivity contribution is 8.01. The average Bonchev–Trinajstić information content (AvgIpc) is 3.18. The van der Waals surface area contributed by atoms with Crippen molar-refractivity contribution in [3.05, 3.63) is 69.1 Å². The molecule has 0 saturated carbocycles. The minimum Gasteiger partial charge on any atom is -0.339 e. The number of hydrogen-bond acceptors (Lipinski definition) is 6. The molecule has 1 atom stereocenters. The van der Waals surface area contributed by atoms with Crippen molar-refractivity contribution in [3.8, 4) is 5.69 Å². The van der Waals surface area contributed by atoms with E-state index in [-0.39, 0.29) is 5.91 Å². The second-order valence-electron chi connectivity index (χ2n) is 7.31. The van der Waals surface area contributed by atoms with E-state index < -0.39 is 0 Å². The Balaban J connectivity index is 1.30. The predicted molar refractivity (Wildman–Crippen MR) is 131 cm³/mol. The van der Waals surface area contributed by atoms with E-state index in [1.165, 1.54) is 28.7 Å². The first-order chi connectivity index (χ1) is 15.0.